The molecular weight excluding hydrogens is 320 g/mol. The first-order chi connectivity index (χ1) is 12.4. The molecule has 0 saturated heterocycles. The van der Waals surface area contributed by atoms with E-state index in [0.717, 1.165) is 61.6 Å². The van der Waals surface area contributed by atoms with Crippen LogP contribution in [0.5, 0.6) is 0 Å². The van der Waals surface area contributed by atoms with E-state index in [1.165, 1.54) is 44.9 Å². The highest BCUT2D eigenvalue weighted by molar-refractivity contribution is 5.49. The predicted molar refractivity (Wildman–Crippen MR) is 106 cm³/mol. The third-order valence-corrected chi connectivity index (χ3v) is 10.1. The predicted octanol–water partition coefficient (Wildman–Crippen LogP) is 5.62. The SMILES string of the molecule is C[C@H](CCC=O)[C@H]1CC[C@H]2[C@@H]3CC[C@@H]4C[C@H](O)CC[C@]4(C)[C@H]3CC[C@]12C. The Bertz CT molecular complexity index is 530. The van der Waals surface area contributed by atoms with Crippen molar-refractivity contribution in [3.63, 3.8) is 0 Å². The highest BCUT2D eigenvalue weighted by Gasteiger charge is 2.60. The van der Waals surface area contributed by atoms with Crippen LogP contribution in [0.2, 0.25) is 0 Å². The maximum atomic E-state index is 10.8. The lowest BCUT2D eigenvalue weighted by Crippen LogP contribution is -2.54. The van der Waals surface area contributed by atoms with E-state index in [0.29, 0.717) is 16.7 Å². The van der Waals surface area contributed by atoms with Crippen molar-refractivity contribution in [3.8, 4) is 0 Å². The van der Waals surface area contributed by atoms with Crippen LogP contribution in [0.1, 0.15) is 91.4 Å². The largest absolute Gasteiger partial charge is 0.393 e. The van der Waals surface area contributed by atoms with Crippen molar-refractivity contribution < 1.29 is 9.90 Å². The second-order valence-corrected chi connectivity index (χ2v) is 11.0. The Morgan fingerprint density at radius 2 is 1.73 bits per heavy atom. The lowest BCUT2D eigenvalue weighted by Gasteiger charge is -2.61. The molecule has 2 heteroatoms. The Hall–Kier alpha value is -0.370. The highest BCUT2D eigenvalue weighted by atomic mass is 16.3. The number of rotatable bonds is 4. The van der Waals surface area contributed by atoms with Gasteiger partial charge in [-0.15, -0.1) is 0 Å². The van der Waals surface area contributed by atoms with E-state index in [2.05, 4.69) is 20.8 Å². The fraction of sp³-hybridized carbons (Fsp3) is 0.958. The van der Waals surface area contributed by atoms with Crippen molar-refractivity contribution in [2.24, 2.45) is 46.3 Å². The molecule has 2 nitrogen and oxygen atoms in total. The van der Waals surface area contributed by atoms with Crippen LogP contribution in [0.4, 0.5) is 0 Å². The first-order valence-corrected chi connectivity index (χ1v) is 11.5. The molecule has 4 aliphatic rings. The third kappa shape index (κ3) is 2.81. The average Bonchev–Trinajstić information content (AvgIpc) is 2.97. The van der Waals surface area contributed by atoms with Crippen molar-refractivity contribution in [1.82, 2.24) is 0 Å². The molecule has 148 valence electrons. The quantitative estimate of drug-likeness (QED) is 0.661. The summed E-state index contributed by atoms with van der Waals surface area (Å²) in [6, 6.07) is 0. The fourth-order valence-electron chi connectivity index (χ4n) is 8.74. The summed E-state index contributed by atoms with van der Waals surface area (Å²) in [4.78, 5) is 10.8. The Morgan fingerprint density at radius 3 is 2.50 bits per heavy atom. The summed E-state index contributed by atoms with van der Waals surface area (Å²) >= 11 is 0. The monoisotopic (exact) mass is 360 g/mol. The van der Waals surface area contributed by atoms with Gasteiger partial charge in [-0.2, -0.15) is 0 Å². The van der Waals surface area contributed by atoms with Crippen LogP contribution in [0.25, 0.3) is 0 Å². The molecular formula is C24H40O2. The molecule has 4 fully saturated rings. The number of carbonyl (C=O) groups is 1. The van der Waals surface area contributed by atoms with E-state index in [9.17, 15) is 9.90 Å². The maximum Gasteiger partial charge on any atom is 0.120 e. The van der Waals surface area contributed by atoms with E-state index in [1.54, 1.807) is 0 Å². The lowest BCUT2D eigenvalue weighted by atomic mass is 9.44. The van der Waals surface area contributed by atoms with Gasteiger partial charge < -0.3 is 9.90 Å². The molecule has 0 aliphatic heterocycles. The third-order valence-electron chi connectivity index (χ3n) is 10.1. The van der Waals surface area contributed by atoms with Gasteiger partial charge in [-0.25, -0.2) is 0 Å². The first kappa shape index (κ1) is 19.0. The first-order valence-electron chi connectivity index (χ1n) is 11.5. The summed E-state index contributed by atoms with van der Waals surface area (Å²) in [5, 5.41) is 10.2. The lowest BCUT2D eigenvalue weighted by molar-refractivity contribution is -0.129. The molecule has 0 heterocycles. The van der Waals surface area contributed by atoms with Crippen LogP contribution in [-0.4, -0.2) is 17.5 Å². The van der Waals surface area contributed by atoms with E-state index in [1.807, 2.05) is 0 Å². The number of aliphatic hydroxyl groups is 1. The van der Waals surface area contributed by atoms with Crippen LogP contribution in [0.15, 0.2) is 0 Å². The van der Waals surface area contributed by atoms with Gasteiger partial charge in [0.25, 0.3) is 0 Å². The minimum absolute atomic E-state index is 0.0342. The summed E-state index contributed by atoms with van der Waals surface area (Å²) in [6.45, 7) is 7.61. The Kier molecular flexibility index (Phi) is 5.04. The van der Waals surface area contributed by atoms with Gasteiger partial charge in [0.2, 0.25) is 0 Å². The molecule has 0 spiro atoms. The Balaban J connectivity index is 1.53. The van der Waals surface area contributed by atoms with Gasteiger partial charge in [0.1, 0.15) is 6.29 Å². The van der Waals surface area contributed by atoms with Gasteiger partial charge >= 0.3 is 0 Å². The minimum atomic E-state index is -0.0342. The van der Waals surface area contributed by atoms with Crippen LogP contribution < -0.4 is 0 Å². The molecule has 0 amide bonds. The second kappa shape index (κ2) is 6.90. The molecule has 0 bridgehead atoms. The molecule has 4 saturated carbocycles. The molecule has 0 aromatic heterocycles. The highest BCUT2D eigenvalue weighted by Crippen LogP contribution is 2.68. The summed E-state index contributed by atoms with van der Waals surface area (Å²) in [5.41, 5.74) is 1.01. The summed E-state index contributed by atoms with van der Waals surface area (Å²) < 4.78 is 0. The Morgan fingerprint density at radius 1 is 1.00 bits per heavy atom. The van der Waals surface area contributed by atoms with Gasteiger partial charge in [-0.1, -0.05) is 20.8 Å². The van der Waals surface area contributed by atoms with Crippen LogP contribution in [-0.2, 0) is 4.79 Å². The van der Waals surface area contributed by atoms with Crippen LogP contribution >= 0.6 is 0 Å². The summed E-state index contributed by atoms with van der Waals surface area (Å²) in [6.07, 6.45) is 14.7. The maximum absolute atomic E-state index is 10.8. The van der Waals surface area contributed by atoms with Gasteiger partial charge in [-0.3, -0.25) is 0 Å². The van der Waals surface area contributed by atoms with Gasteiger partial charge in [0.15, 0.2) is 0 Å². The average molecular weight is 361 g/mol. The van der Waals surface area contributed by atoms with Gasteiger partial charge in [0.05, 0.1) is 6.10 Å². The fourth-order valence-corrected chi connectivity index (χ4v) is 8.74. The van der Waals surface area contributed by atoms with Crippen molar-refractivity contribution in [1.29, 1.82) is 0 Å². The van der Waals surface area contributed by atoms with Crippen LogP contribution in [0, 0.1) is 46.3 Å². The normalized spacial score (nSPS) is 51.8. The molecule has 26 heavy (non-hydrogen) atoms. The van der Waals surface area contributed by atoms with E-state index >= 15 is 0 Å². The number of aldehydes is 1. The van der Waals surface area contributed by atoms with E-state index in [-0.39, 0.29) is 6.10 Å². The van der Waals surface area contributed by atoms with Crippen molar-refractivity contribution >= 4 is 6.29 Å². The number of fused-ring (bicyclic) bond motifs is 5. The minimum Gasteiger partial charge on any atom is -0.393 e. The zero-order chi connectivity index (χ0) is 18.5. The number of aliphatic hydroxyl groups excluding tert-OH is 1. The molecule has 0 aromatic rings. The zero-order valence-electron chi connectivity index (χ0n) is 17.3. The molecule has 0 unspecified atom stereocenters. The number of hydrogen-bond acceptors (Lipinski definition) is 2. The van der Waals surface area contributed by atoms with Crippen molar-refractivity contribution in [3.05, 3.63) is 0 Å². The Labute approximate surface area is 160 Å². The molecule has 9 atom stereocenters. The number of carbonyl (C=O) groups excluding carboxylic acids is 1. The summed E-state index contributed by atoms with van der Waals surface area (Å²) in [5.74, 6) is 5.02. The van der Waals surface area contributed by atoms with Crippen molar-refractivity contribution in [2.75, 3.05) is 0 Å². The number of hydrogen-bond donors (Lipinski definition) is 1. The smallest absolute Gasteiger partial charge is 0.120 e. The van der Waals surface area contributed by atoms with Crippen LogP contribution in [0.3, 0.4) is 0 Å². The second-order valence-electron chi connectivity index (χ2n) is 11.0. The van der Waals surface area contributed by atoms with Gasteiger partial charge in [0, 0.05) is 6.42 Å². The molecule has 4 aliphatic carbocycles. The van der Waals surface area contributed by atoms with E-state index < -0.39 is 0 Å². The summed E-state index contributed by atoms with van der Waals surface area (Å²) in [7, 11) is 0. The van der Waals surface area contributed by atoms with Crippen molar-refractivity contribution in [2.45, 2.75) is 97.5 Å². The van der Waals surface area contributed by atoms with Gasteiger partial charge in [-0.05, 0) is 111 Å². The molecule has 0 aromatic carbocycles. The standard InChI is InChI=1S/C24H40O2/c1-16(5-4-14-25)20-8-9-21-19-7-6-17-15-18(26)10-12-23(17,2)22(19)11-13-24(20,21)3/h14,16-22,26H,4-13,15H2,1-3H3/t16-,17-,18-,19+,20-,21+,22+,23+,24-/m1/s1. The molecule has 1 N–H and O–H groups in total. The molecule has 4 rings (SSSR count). The van der Waals surface area contributed by atoms with E-state index in [4.69, 9.17) is 0 Å². The molecule has 0 radical (unpaired) electrons. The zero-order valence-corrected chi connectivity index (χ0v) is 17.3. The topological polar surface area (TPSA) is 37.3 Å².